The third-order valence-electron chi connectivity index (χ3n) is 4.75. The number of anilines is 1. The summed E-state index contributed by atoms with van der Waals surface area (Å²) in [5.41, 5.74) is 3.16. The Balaban J connectivity index is 1.67. The van der Waals surface area contributed by atoms with Crippen LogP contribution in [0.25, 0.3) is 0 Å². The molecule has 0 atom stereocenters. The van der Waals surface area contributed by atoms with Crippen molar-refractivity contribution in [1.29, 1.82) is 0 Å². The van der Waals surface area contributed by atoms with Gasteiger partial charge in [-0.15, -0.1) is 6.58 Å². The van der Waals surface area contributed by atoms with Crippen LogP contribution in [0.1, 0.15) is 11.1 Å². The first-order valence-corrected chi connectivity index (χ1v) is 9.21. The molecule has 2 aromatic rings. The molecule has 3 rings (SSSR count). The van der Waals surface area contributed by atoms with Crippen molar-refractivity contribution in [2.24, 2.45) is 0 Å². The quantitative estimate of drug-likeness (QED) is 0.774. The molecule has 0 amide bonds. The van der Waals surface area contributed by atoms with Gasteiger partial charge >= 0.3 is 0 Å². The number of ether oxygens (including phenoxy) is 1. The van der Waals surface area contributed by atoms with Gasteiger partial charge in [0.15, 0.2) is 11.5 Å². The topological polar surface area (TPSA) is 35.9 Å². The average Bonchev–Trinajstić information content (AvgIpc) is 2.65. The minimum absolute atomic E-state index is 0.234. The smallest absolute Gasteiger partial charge is 0.162 e. The molecule has 4 nitrogen and oxygen atoms in total. The van der Waals surface area contributed by atoms with Gasteiger partial charge in [0.2, 0.25) is 0 Å². The van der Waals surface area contributed by atoms with E-state index in [9.17, 15) is 5.11 Å². The van der Waals surface area contributed by atoms with Crippen LogP contribution in [-0.4, -0.2) is 43.3 Å². The van der Waals surface area contributed by atoms with Crippen molar-refractivity contribution in [3.05, 3.63) is 65.2 Å². The van der Waals surface area contributed by atoms with Gasteiger partial charge in [-0.25, -0.2) is 0 Å². The number of hydrogen-bond acceptors (Lipinski definition) is 4. The highest BCUT2D eigenvalue weighted by atomic mass is 35.5. The Morgan fingerprint density at radius 2 is 1.96 bits per heavy atom. The lowest BCUT2D eigenvalue weighted by Gasteiger charge is -2.36. The number of aromatic hydroxyl groups is 1. The largest absolute Gasteiger partial charge is 0.504 e. The molecule has 2 aromatic carbocycles. The summed E-state index contributed by atoms with van der Waals surface area (Å²) in [6.07, 6.45) is 2.62. The monoisotopic (exact) mass is 372 g/mol. The van der Waals surface area contributed by atoms with Gasteiger partial charge in [-0.2, -0.15) is 0 Å². The Bertz CT molecular complexity index is 771. The van der Waals surface area contributed by atoms with Crippen molar-refractivity contribution >= 4 is 17.3 Å². The van der Waals surface area contributed by atoms with Crippen LogP contribution in [0.15, 0.2) is 49.1 Å². The molecule has 1 aliphatic rings. The molecule has 138 valence electrons. The van der Waals surface area contributed by atoms with E-state index < -0.39 is 0 Å². The number of benzene rings is 2. The molecule has 0 unspecified atom stereocenters. The van der Waals surface area contributed by atoms with Gasteiger partial charge in [-0.1, -0.05) is 29.8 Å². The Kier molecular flexibility index (Phi) is 6.07. The van der Waals surface area contributed by atoms with Crippen molar-refractivity contribution in [3.63, 3.8) is 0 Å². The fourth-order valence-corrected chi connectivity index (χ4v) is 3.55. The lowest BCUT2D eigenvalue weighted by Crippen LogP contribution is -2.46. The number of phenols is 1. The summed E-state index contributed by atoms with van der Waals surface area (Å²) in [4.78, 5) is 4.70. The van der Waals surface area contributed by atoms with E-state index in [1.54, 1.807) is 7.11 Å². The zero-order valence-corrected chi connectivity index (χ0v) is 15.9. The number of piperazine rings is 1. The number of nitrogens with zero attached hydrogens (tertiary/aromatic N) is 2. The summed E-state index contributed by atoms with van der Waals surface area (Å²) in [7, 11) is 1.58. The van der Waals surface area contributed by atoms with E-state index in [4.69, 9.17) is 16.3 Å². The predicted octanol–water partition coefficient (Wildman–Crippen LogP) is 4.10. The maximum absolute atomic E-state index is 10.5. The third-order valence-corrected chi connectivity index (χ3v) is 4.99. The van der Waals surface area contributed by atoms with Crippen molar-refractivity contribution in [2.75, 3.05) is 38.2 Å². The van der Waals surface area contributed by atoms with E-state index in [0.717, 1.165) is 54.4 Å². The summed E-state index contributed by atoms with van der Waals surface area (Å²) >= 11 is 6.10. The Morgan fingerprint density at radius 1 is 1.19 bits per heavy atom. The zero-order chi connectivity index (χ0) is 18.5. The zero-order valence-electron chi connectivity index (χ0n) is 15.1. The fraction of sp³-hybridized carbons (Fsp3) is 0.333. The molecule has 26 heavy (non-hydrogen) atoms. The summed E-state index contributed by atoms with van der Waals surface area (Å²) in [6, 6.07) is 11.9. The second-order valence-corrected chi connectivity index (χ2v) is 6.98. The number of hydrogen-bond donors (Lipinski definition) is 1. The number of allylic oxidation sites excluding steroid dienone is 1. The number of halogens is 1. The molecule has 1 aliphatic heterocycles. The SMILES string of the molecule is C=CCc1cc(CN2CCN(c3cccc(Cl)c3)CC2)c(O)c(OC)c1. The highest BCUT2D eigenvalue weighted by Gasteiger charge is 2.20. The molecular weight excluding hydrogens is 348 g/mol. The van der Waals surface area contributed by atoms with Gasteiger partial charge in [0.05, 0.1) is 7.11 Å². The van der Waals surface area contributed by atoms with Crippen LogP contribution in [0, 0.1) is 0 Å². The maximum atomic E-state index is 10.5. The van der Waals surface area contributed by atoms with E-state index in [2.05, 4.69) is 22.4 Å². The number of rotatable bonds is 6. The van der Waals surface area contributed by atoms with Crippen molar-refractivity contribution in [3.8, 4) is 11.5 Å². The molecule has 1 saturated heterocycles. The summed E-state index contributed by atoms with van der Waals surface area (Å²) in [5, 5.41) is 11.2. The van der Waals surface area contributed by atoms with E-state index in [1.165, 1.54) is 0 Å². The molecular formula is C21H25ClN2O2. The maximum Gasteiger partial charge on any atom is 0.162 e. The lowest BCUT2D eigenvalue weighted by molar-refractivity contribution is 0.245. The standard InChI is InChI=1S/C21H25ClN2O2/c1-3-5-16-12-17(21(25)20(13-16)26-2)15-23-8-10-24(11-9-23)19-7-4-6-18(22)14-19/h3-4,6-7,12-14,25H,1,5,8-11,15H2,2H3. The third kappa shape index (κ3) is 4.32. The molecule has 0 aliphatic carbocycles. The first-order chi connectivity index (χ1) is 12.6. The lowest BCUT2D eigenvalue weighted by atomic mass is 10.0. The van der Waals surface area contributed by atoms with Crippen LogP contribution in [0.4, 0.5) is 5.69 Å². The molecule has 1 N–H and O–H groups in total. The summed E-state index contributed by atoms with van der Waals surface area (Å²) in [6.45, 7) is 8.23. The molecule has 0 saturated carbocycles. The highest BCUT2D eigenvalue weighted by Crippen LogP contribution is 2.33. The first-order valence-electron chi connectivity index (χ1n) is 8.83. The Morgan fingerprint density at radius 3 is 2.62 bits per heavy atom. The van der Waals surface area contributed by atoms with E-state index in [-0.39, 0.29) is 5.75 Å². The van der Waals surface area contributed by atoms with Crippen molar-refractivity contribution in [1.82, 2.24) is 4.90 Å². The molecule has 5 heteroatoms. The first kappa shape index (κ1) is 18.6. The average molecular weight is 373 g/mol. The number of methoxy groups -OCH3 is 1. The van der Waals surface area contributed by atoms with E-state index in [1.807, 2.05) is 36.4 Å². The van der Waals surface area contributed by atoms with Gasteiger partial charge in [0.1, 0.15) is 0 Å². The molecule has 0 bridgehead atoms. The van der Waals surface area contributed by atoms with Gasteiger partial charge in [-0.05, 0) is 36.2 Å². The molecule has 1 fully saturated rings. The Labute approximate surface area is 160 Å². The van der Waals surface area contributed by atoms with E-state index in [0.29, 0.717) is 12.3 Å². The van der Waals surface area contributed by atoms with Gasteiger partial charge < -0.3 is 14.7 Å². The Hall–Kier alpha value is -2.17. The fourth-order valence-electron chi connectivity index (χ4n) is 3.37. The minimum atomic E-state index is 0.234. The van der Waals surface area contributed by atoms with Crippen LogP contribution in [0.2, 0.25) is 5.02 Å². The molecule has 0 aromatic heterocycles. The predicted molar refractivity (Wildman–Crippen MR) is 108 cm³/mol. The van der Waals surface area contributed by atoms with Crippen LogP contribution in [0.3, 0.4) is 0 Å². The second-order valence-electron chi connectivity index (χ2n) is 6.54. The summed E-state index contributed by atoms with van der Waals surface area (Å²) in [5.74, 6) is 0.759. The van der Waals surface area contributed by atoms with Gasteiger partial charge in [0.25, 0.3) is 0 Å². The van der Waals surface area contributed by atoms with Crippen LogP contribution in [-0.2, 0) is 13.0 Å². The van der Waals surface area contributed by atoms with Crippen LogP contribution >= 0.6 is 11.6 Å². The minimum Gasteiger partial charge on any atom is -0.504 e. The van der Waals surface area contributed by atoms with Gasteiger partial charge in [-0.3, -0.25) is 4.90 Å². The summed E-state index contributed by atoms with van der Waals surface area (Å²) < 4.78 is 5.32. The molecule has 0 radical (unpaired) electrons. The van der Waals surface area contributed by atoms with Crippen LogP contribution in [0.5, 0.6) is 11.5 Å². The van der Waals surface area contributed by atoms with Crippen LogP contribution < -0.4 is 9.64 Å². The van der Waals surface area contributed by atoms with E-state index >= 15 is 0 Å². The van der Waals surface area contributed by atoms with Crippen molar-refractivity contribution < 1.29 is 9.84 Å². The second kappa shape index (κ2) is 8.47. The van der Waals surface area contributed by atoms with Crippen molar-refractivity contribution in [2.45, 2.75) is 13.0 Å². The normalized spacial score (nSPS) is 15.1. The highest BCUT2D eigenvalue weighted by molar-refractivity contribution is 6.30. The van der Waals surface area contributed by atoms with Gasteiger partial charge in [0, 0.05) is 49.0 Å². The molecule has 1 heterocycles. The molecule has 0 spiro atoms. The number of phenolic OH excluding ortho intramolecular Hbond substituents is 1.